The van der Waals surface area contributed by atoms with E-state index in [1.807, 2.05) is 13.8 Å². The smallest absolute Gasteiger partial charge is 0.326 e. The number of nitrogens with one attached hydrogen (secondary N) is 3. The van der Waals surface area contributed by atoms with Crippen molar-refractivity contribution >= 4 is 29.7 Å². The molecule has 0 unspecified atom stereocenters. The lowest BCUT2D eigenvalue weighted by atomic mass is 9.97. The Labute approximate surface area is 193 Å². The lowest BCUT2D eigenvalue weighted by molar-refractivity contribution is -0.436. The van der Waals surface area contributed by atoms with Crippen molar-refractivity contribution < 1.29 is 45.0 Å². The molecule has 0 spiro atoms. The largest absolute Gasteiger partial charge is 0.481 e. The molecule has 0 aliphatic heterocycles. The van der Waals surface area contributed by atoms with Gasteiger partial charge in [0.05, 0.1) is 6.42 Å². The fourth-order valence-electron chi connectivity index (χ4n) is 3.14. The first-order valence-corrected chi connectivity index (χ1v) is 10.9. The fourth-order valence-corrected chi connectivity index (χ4v) is 3.14. The molecule has 12 nitrogen and oxygen atoms in total. The second-order valence-electron chi connectivity index (χ2n) is 9.29. The maximum absolute atomic E-state index is 12.9. The van der Waals surface area contributed by atoms with Crippen molar-refractivity contribution in [2.24, 2.45) is 17.8 Å². The maximum atomic E-state index is 12.9. The molecule has 190 valence electrons. The third-order valence-corrected chi connectivity index (χ3v) is 4.98. The summed E-state index contributed by atoms with van der Waals surface area (Å²) in [6.07, 6.45) is -1.74. The molecule has 12 heteroatoms. The van der Waals surface area contributed by atoms with Crippen molar-refractivity contribution in [2.45, 2.75) is 84.7 Å². The number of aliphatic hydroxyl groups is 1. The predicted molar refractivity (Wildman–Crippen MR) is 117 cm³/mol. The summed E-state index contributed by atoms with van der Waals surface area (Å²) < 4.78 is 0. The van der Waals surface area contributed by atoms with Gasteiger partial charge in [-0.2, -0.15) is 0 Å². The molecule has 9 N–H and O–H groups in total. The molecule has 0 bridgehead atoms. The number of hydrogen-bond acceptors (Lipinski definition) is 6. The summed E-state index contributed by atoms with van der Waals surface area (Å²) >= 11 is 0. The van der Waals surface area contributed by atoms with Crippen molar-refractivity contribution in [3.8, 4) is 0 Å². The Morgan fingerprint density at radius 2 is 1.18 bits per heavy atom. The van der Waals surface area contributed by atoms with E-state index < -0.39 is 78.2 Å². The van der Waals surface area contributed by atoms with Gasteiger partial charge in [0, 0.05) is 6.42 Å². The molecular formula is C21H39N4O8+. The number of carbonyl (C=O) groups excluding carboxylic acids is 3. The number of carboxylic acid groups (broad SMARTS) is 2. The van der Waals surface area contributed by atoms with E-state index in [0.29, 0.717) is 6.42 Å². The highest BCUT2D eigenvalue weighted by atomic mass is 16.4. The highest BCUT2D eigenvalue weighted by Gasteiger charge is 2.35. The zero-order valence-corrected chi connectivity index (χ0v) is 20.1. The zero-order valence-electron chi connectivity index (χ0n) is 20.1. The Morgan fingerprint density at radius 1 is 0.758 bits per heavy atom. The van der Waals surface area contributed by atoms with Gasteiger partial charge in [0.2, 0.25) is 11.8 Å². The van der Waals surface area contributed by atoms with Gasteiger partial charge in [-0.3, -0.25) is 19.2 Å². The third kappa shape index (κ3) is 10.6. The van der Waals surface area contributed by atoms with Gasteiger partial charge in [-0.25, -0.2) is 4.79 Å². The van der Waals surface area contributed by atoms with E-state index in [0.717, 1.165) is 0 Å². The fraction of sp³-hybridized carbons (Fsp3) is 0.762. The molecule has 0 fully saturated rings. The van der Waals surface area contributed by atoms with Crippen LogP contribution in [0.1, 0.15) is 54.4 Å². The molecule has 0 aromatic heterocycles. The molecule has 5 atom stereocenters. The highest BCUT2D eigenvalue weighted by Crippen LogP contribution is 2.10. The summed E-state index contributed by atoms with van der Waals surface area (Å²) in [5.41, 5.74) is 3.80. The van der Waals surface area contributed by atoms with E-state index in [1.54, 1.807) is 27.7 Å². The van der Waals surface area contributed by atoms with Gasteiger partial charge in [0.1, 0.15) is 24.2 Å². The van der Waals surface area contributed by atoms with Crippen LogP contribution >= 0.6 is 0 Å². The van der Waals surface area contributed by atoms with Crippen molar-refractivity contribution in [3.05, 3.63) is 0 Å². The molecule has 0 heterocycles. The third-order valence-electron chi connectivity index (χ3n) is 4.98. The second-order valence-corrected chi connectivity index (χ2v) is 9.29. The van der Waals surface area contributed by atoms with Crippen LogP contribution in [-0.2, 0) is 24.0 Å². The molecule has 0 rings (SSSR count). The van der Waals surface area contributed by atoms with Crippen molar-refractivity contribution in [1.82, 2.24) is 16.0 Å². The van der Waals surface area contributed by atoms with Crippen LogP contribution in [0.5, 0.6) is 0 Å². The molecule has 0 aromatic carbocycles. The molecule has 0 aliphatic rings. The summed E-state index contributed by atoms with van der Waals surface area (Å²) in [5, 5.41) is 35.4. The van der Waals surface area contributed by atoms with E-state index >= 15 is 0 Å². The molecule has 3 amide bonds. The van der Waals surface area contributed by atoms with Gasteiger partial charge in [0.25, 0.3) is 5.91 Å². The first-order valence-electron chi connectivity index (χ1n) is 10.9. The van der Waals surface area contributed by atoms with Crippen LogP contribution in [0.25, 0.3) is 0 Å². The van der Waals surface area contributed by atoms with Crippen molar-refractivity contribution in [2.75, 3.05) is 0 Å². The van der Waals surface area contributed by atoms with E-state index in [1.165, 1.54) is 0 Å². The number of aliphatic carboxylic acids is 2. The van der Waals surface area contributed by atoms with Gasteiger partial charge in [-0.15, -0.1) is 0 Å². The topological polar surface area (TPSA) is 210 Å². The van der Waals surface area contributed by atoms with Gasteiger partial charge < -0.3 is 37.0 Å². The summed E-state index contributed by atoms with van der Waals surface area (Å²) in [6.45, 7) is 10.4. The summed E-state index contributed by atoms with van der Waals surface area (Å²) in [7, 11) is 0. The molecule has 0 saturated carbocycles. The van der Waals surface area contributed by atoms with E-state index in [-0.39, 0.29) is 5.92 Å². The number of aliphatic hydroxyl groups excluding tert-OH is 1. The minimum Gasteiger partial charge on any atom is -0.481 e. The van der Waals surface area contributed by atoms with Crippen molar-refractivity contribution in [3.63, 3.8) is 0 Å². The number of carboxylic acids is 2. The first kappa shape index (κ1) is 30.3. The van der Waals surface area contributed by atoms with Gasteiger partial charge >= 0.3 is 11.9 Å². The van der Waals surface area contributed by atoms with Gasteiger partial charge in [0.15, 0.2) is 6.10 Å². The van der Waals surface area contributed by atoms with Crippen LogP contribution in [-0.4, -0.2) is 75.3 Å². The van der Waals surface area contributed by atoms with Gasteiger partial charge in [-0.1, -0.05) is 41.5 Å². The van der Waals surface area contributed by atoms with Crippen LogP contribution in [0.15, 0.2) is 0 Å². The minimum atomic E-state index is -1.67. The van der Waals surface area contributed by atoms with Crippen LogP contribution in [0.3, 0.4) is 0 Å². The Hall–Kier alpha value is -2.73. The summed E-state index contributed by atoms with van der Waals surface area (Å²) in [5.74, 6) is -5.92. The maximum Gasteiger partial charge on any atom is 0.326 e. The Bertz CT molecular complexity index is 710. The number of amides is 3. The van der Waals surface area contributed by atoms with Crippen LogP contribution in [0.2, 0.25) is 0 Å². The number of rotatable bonds is 14. The highest BCUT2D eigenvalue weighted by molar-refractivity contribution is 5.94. The summed E-state index contributed by atoms with van der Waals surface area (Å²) in [4.78, 5) is 60.1. The Balaban J connectivity index is 5.41. The predicted octanol–water partition coefficient (Wildman–Crippen LogP) is -1.67. The lowest BCUT2D eigenvalue weighted by Crippen LogP contribution is -2.70. The SMILES string of the molecule is CC(C)C[C@@H]([NH3+])[C@H](O)C(=O)N[C@H](C(=O)N[C@H](C(=O)N[C@@H](CC(=O)O)C(=O)O)C(C)C)C(C)C. The van der Waals surface area contributed by atoms with E-state index in [2.05, 4.69) is 21.7 Å². The Morgan fingerprint density at radius 3 is 1.55 bits per heavy atom. The standard InChI is InChI=1S/C21H38N4O8/c1-9(2)7-12(22)17(28)20(31)25-16(11(5)6)19(30)24-15(10(3)4)18(29)23-13(21(32)33)8-14(26)27/h9-13,15-17,28H,7-8,22H2,1-6H3,(H,23,29)(H,24,30)(H,25,31)(H,26,27)(H,32,33)/p+1/t12-,13+,15+,16+,17+/m1/s1. The van der Waals surface area contributed by atoms with Crippen LogP contribution in [0.4, 0.5) is 0 Å². The number of hydrogen-bond donors (Lipinski definition) is 7. The van der Waals surface area contributed by atoms with Gasteiger partial charge in [-0.05, 0) is 17.8 Å². The monoisotopic (exact) mass is 475 g/mol. The molecule has 33 heavy (non-hydrogen) atoms. The average Bonchev–Trinajstić information content (AvgIpc) is 2.66. The van der Waals surface area contributed by atoms with Crippen molar-refractivity contribution in [1.29, 1.82) is 0 Å². The quantitative estimate of drug-likeness (QED) is 0.154. The number of quaternary nitrogens is 1. The number of carbonyl (C=O) groups is 5. The lowest BCUT2D eigenvalue weighted by Gasteiger charge is -2.28. The Kier molecular flexibility index (Phi) is 12.6. The van der Waals surface area contributed by atoms with Crippen LogP contribution < -0.4 is 21.7 Å². The average molecular weight is 476 g/mol. The van der Waals surface area contributed by atoms with E-state index in [9.17, 15) is 29.1 Å². The molecule has 0 aromatic rings. The normalized spacial score (nSPS) is 16.0. The molecule has 0 aliphatic carbocycles. The molecular weight excluding hydrogens is 436 g/mol. The second kappa shape index (κ2) is 13.7. The zero-order chi connectivity index (χ0) is 26.0. The van der Waals surface area contributed by atoms with Crippen LogP contribution in [0, 0.1) is 17.8 Å². The van der Waals surface area contributed by atoms with E-state index in [4.69, 9.17) is 10.2 Å². The summed E-state index contributed by atoms with van der Waals surface area (Å²) in [6, 6.07) is -4.50. The molecule has 0 radical (unpaired) electrons. The molecule has 0 saturated heterocycles. The minimum absolute atomic E-state index is 0.209. The first-order chi connectivity index (χ1) is 15.1.